The fourth-order valence-electron chi connectivity index (χ4n) is 5.41. The number of ether oxygens (including phenoxy) is 1. The van der Waals surface area contributed by atoms with Crippen LogP contribution in [0.15, 0.2) is 0 Å². The SMILES string of the molecule is CCCCCCCCCCCC(CCCCCCCCCC)OC(=O)C1CCCCC1C(=O)O. The van der Waals surface area contributed by atoms with Crippen molar-refractivity contribution in [3.63, 3.8) is 0 Å². The molecule has 1 rings (SSSR count). The first-order valence-corrected chi connectivity index (χ1v) is 15.0. The molecule has 200 valence electrons. The van der Waals surface area contributed by atoms with Gasteiger partial charge in [-0.3, -0.25) is 9.59 Å². The minimum Gasteiger partial charge on any atom is -0.481 e. The van der Waals surface area contributed by atoms with E-state index >= 15 is 0 Å². The number of carbonyl (C=O) groups excluding carboxylic acids is 1. The lowest BCUT2D eigenvalue weighted by molar-refractivity contribution is -0.164. The van der Waals surface area contributed by atoms with Crippen molar-refractivity contribution in [3.05, 3.63) is 0 Å². The molecule has 1 fully saturated rings. The van der Waals surface area contributed by atoms with Crippen LogP contribution in [0.3, 0.4) is 0 Å². The van der Waals surface area contributed by atoms with Gasteiger partial charge in [0, 0.05) is 0 Å². The molecule has 1 aliphatic rings. The highest BCUT2D eigenvalue weighted by atomic mass is 16.5. The van der Waals surface area contributed by atoms with Gasteiger partial charge in [-0.05, 0) is 38.5 Å². The average molecular weight is 481 g/mol. The quantitative estimate of drug-likeness (QED) is 0.124. The van der Waals surface area contributed by atoms with Crippen LogP contribution in [0.5, 0.6) is 0 Å². The fraction of sp³-hybridized carbons (Fsp3) is 0.933. The summed E-state index contributed by atoms with van der Waals surface area (Å²) in [4.78, 5) is 24.6. The summed E-state index contributed by atoms with van der Waals surface area (Å²) in [6.07, 6.45) is 26.8. The normalized spacial score (nSPS) is 19.1. The highest BCUT2D eigenvalue weighted by Crippen LogP contribution is 2.32. The van der Waals surface area contributed by atoms with Crippen LogP contribution in [0.2, 0.25) is 0 Å². The molecule has 0 aromatic heterocycles. The molecule has 34 heavy (non-hydrogen) atoms. The molecule has 0 bridgehead atoms. The van der Waals surface area contributed by atoms with Crippen LogP contribution in [-0.4, -0.2) is 23.1 Å². The predicted molar refractivity (Wildman–Crippen MR) is 142 cm³/mol. The van der Waals surface area contributed by atoms with Crippen molar-refractivity contribution in [2.45, 2.75) is 168 Å². The third kappa shape index (κ3) is 15.0. The summed E-state index contributed by atoms with van der Waals surface area (Å²) < 4.78 is 6.00. The summed E-state index contributed by atoms with van der Waals surface area (Å²) in [5.74, 6) is -2.08. The number of aliphatic carboxylic acids is 1. The molecule has 1 aliphatic carbocycles. The molecular weight excluding hydrogens is 424 g/mol. The molecule has 4 heteroatoms. The van der Waals surface area contributed by atoms with Gasteiger partial charge in [0.05, 0.1) is 11.8 Å². The highest BCUT2D eigenvalue weighted by molar-refractivity contribution is 5.81. The lowest BCUT2D eigenvalue weighted by Gasteiger charge is -2.29. The number of hydrogen-bond acceptors (Lipinski definition) is 3. The zero-order valence-electron chi connectivity index (χ0n) is 22.7. The minimum atomic E-state index is -0.833. The van der Waals surface area contributed by atoms with E-state index in [1.165, 1.54) is 96.3 Å². The summed E-state index contributed by atoms with van der Waals surface area (Å²) in [7, 11) is 0. The Labute approximate surface area is 211 Å². The Bertz CT molecular complexity index is 504. The van der Waals surface area contributed by atoms with E-state index in [1.807, 2.05) is 0 Å². The number of carbonyl (C=O) groups is 2. The minimum absolute atomic E-state index is 0.0338. The van der Waals surface area contributed by atoms with E-state index < -0.39 is 17.8 Å². The van der Waals surface area contributed by atoms with Gasteiger partial charge in [-0.2, -0.15) is 0 Å². The Morgan fingerprint density at radius 2 is 1.03 bits per heavy atom. The van der Waals surface area contributed by atoms with Crippen LogP contribution in [0.1, 0.15) is 162 Å². The molecule has 0 amide bonds. The Balaban J connectivity index is 2.38. The number of carboxylic acids is 1. The summed E-state index contributed by atoms with van der Waals surface area (Å²) in [5, 5.41) is 9.55. The third-order valence-electron chi connectivity index (χ3n) is 7.68. The molecule has 0 saturated heterocycles. The van der Waals surface area contributed by atoms with Gasteiger partial charge in [0.15, 0.2) is 0 Å². The van der Waals surface area contributed by atoms with E-state index in [0.717, 1.165) is 38.5 Å². The Kier molecular flexibility index (Phi) is 19.3. The molecule has 3 unspecified atom stereocenters. The molecule has 1 N–H and O–H groups in total. The van der Waals surface area contributed by atoms with Crippen molar-refractivity contribution in [1.29, 1.82) is 0 Å². The Hall–Kier alpha value is -1.06. The summed E-state index contributed by atoms with van der Waals surface area (Å²) in [6, 6.07) is 0. The maximum absolute atomic E-state index is 12.9. The van der Waals surface area contributed by atoms with Crippen LogP contribution in [0, 0.1) is 11.8 Å². The molecule has 0 aromatic rings. The maximum atomic E-state index is 12.9. The van der Waals surface area contributed by atoms with Gasteiger partial charge in [-0.25, -0.2) is 0 Å². The van der Waals surface area contributed by atoms with E-state index in [4.69, 9.17) is 4.74 Å². The molecule has 0 aromatic carbocycles. The van der Waals surface area contributed by atoms with E-state index in [1.54, 1.807) is 0 Å². The van der Waals surface area contributed by atoms with E-state index in [-0.39, 0.29) is 12.1 Å². The van der Waals surface area contributed by atoms with Crippen LogP contribution in [-0.2, 0) is 14.3 Å². The van der Waals surface area contributed by atoms with Crippen molar-refractivity contribution in [1.82, 2.24) is 0 Å². The molecular formula is C30H56O4. The zero-order chi connectivity index (χ0) is 24.9. The smallest absolute Gasteiger partial charge is 0.310 e. The van der Waals surface area contributed by atoms with Gasteiger partial charge in [0.25, 0.3) is 0 Å². The number of rotatable bonds is 22. The molecule has 0 radical (unpaired) electrons. The lowest BCUT2D eigenvalue weighted by atomic mass is 9.79. The Morgan fingerprint density at radius 1 is 0.647 bits per heavy atom. The third-order valence-corrected chi connectivity index (χ3v) is 7.68. The fourth-order valence-corrected chi connectivity index (χ4v) is 5.41. The maximum Gasteiger partial charge on any atom is 0.310 e. The van der Waals surface area contributed by atoms with Crippen molar-refractivity contribution >= 4 is 11.9 Å². The van der Waals surface area contributed by atoms with Gasteiger partial charge < -0.3 is 9.84 Å². The predicted octanol–water partition coefficient (Wildman–Crippen LogP) is 9.24. The van der Waals surface area contributed by atoms with Crippen molar-refractivity contribution in [2.75, 3.05) is 0 Å². The van der Waals surface area contributed by atoms with Gasteiger partial charge in [0.1, 0.15) is 6.10 Å². The van der Waals surface area contributed by atoms with E-state index in [2.05, 4.69) is 13.8 Å². The van der Waals surface area contributed by atoms with Gasteiger partial charge in [0.2, 0.25) is 0 Å². The van der Waals surface area contributed by atoms with Crippen molar-refractivity contribution < 1.29 is 19.4 Å². The van der Waals surface area contributed by atoms with Gasteiger partial charge in [-0.15, -0.1) is 0 Å². The van der Waals surface area contributed by atoms with Crippen LogP contribution in [0.4, 0.5) is 0 Å². The summed E-state index contributed by atoms with van der Waals surface area (Å²) >= 11 is 0. The Morgan fingerprint density at radius 3 is 1.44 bits per heavy atom. The number of esters is 1. The highest BCUT2D eigenvalue weighted by Gasteiger charge is 2.37. The summed E-state index contributed by atoms with van der Waals surface area (Å²) in [6.45, 7) is 4.51. The van der Waals surface area contributed by atoms with Gasteiger partial charge >= 0.3 is 11.9 Å². The number of carboxylic acid groups (broad SMARTS) is 1. The first-order valence-electron chi connectivity index (χ1n) is 15.0. The molecule has 4 nitrogen and oxygen atoms in total. The first kappa shape index (κ1) is 31.0. The van der Waals surface area contributed by atoms with Crippen molar-refractivity contribution in [3.8, 4) is 0 Å². The number of unbranched alkanes of at least 4 members (excludes halogenated alkanes) is 15. The van der Waals surface area contributed by atoms with Crippen LogP contribution >= 0.6 is 0 Å². The van der Waals surface area contributed by atoms with Gasteiger partial charge in [-0.1, -0.05) is 123 Å². The zero-order valence-corrected chi connectivity index (χ0v) is 22.7. The van der Waals surface area contributed by atoms with Crippen LogP contribution < -0.4 is 0 Å². The summed E-state index contributed by atoms with van der Waals surface area (Å²) in [5.41, 5.74) is 0. The van der Waals surface area contributed by atoms with Crippen LogP contribution in [0.25, 0.3) is 0 Å². The monoisotopic (exact) mass is 480 g/mol. The average Bonchev–Trinajstić information content (AvgIpc) is 2.84. The lowest BCUT2D eigenvalue weighted by Crippen LogP contribution is -2.35. The molecule has 0 heterocycles. The van der Waals surface area contributed by atoms with E-state index in [9.17, 15) is 14.7 Å². The first-order chi connectivity index (χ1) is 16.6. The second-order valence-electron chi connectivity index (χ2n) is 10.8. The molecule has 0 aliphatic heterocycles. The standard InChI is InChI=1S/C30H56O4/c1-3-5-7-9-11-13-15-17-19-23-26(22-18-16-14-12-10-8-6-4-2)34-30(33)28-25-21-20-24-27(28)29(31)32/h26-28H,3-25H2,1-2H3,(H,31,32). The molecule has 3 atom stereocenters. The van der Waals surface area contributed by atoms with E-state index in [0.29, 0.717) is 12.8 Å². The molecule has 1 saturated carbocycles. The largest absolute Gasteiger partial charge is 0.481 e. The number of hydrogen-bond donors (Lipinski definition) is 1. The topological polar surface area (TPSA) is 63.6 Å². The van der Waals surface area contributed by atoms with Crippen molar-refractivity contribution in [2.24, 2.45) is 11.8 Å². The molecule has 0 spiro atoms. The second kappa shape index (κ2) is 21.2. The second-order valence-corrected chi connectivity index (χ2v) is 10.8.